The summed E-state index contributed by atoms with van der Waals surface area (Å²) in [6, 6.07) is 2.71. The zero-order chi connectivity index (χ0) is 19.3. The lowest BCUT2D eigenvalue weighted by Crippen LogP contribution is -2.34. The number of nitrogens with one attached hydrogen (secondary N) is 2. The second kappa shape index (κ2) is 6.22. The quantitative estimate of drug-likeness (QED) is 0.822. The van der Waals surface area contributed by atoms with E-state index < -0.39 is 21.8 Å². The van der Waals surface area contributed by atoms with Gasteiger partial charge in [0.25, 0.3) is 5.56 Å². The Morgan fingerprint density at radius 3 is 2.65 bits per heavy atom. The van der Waals surface area contributed by atoms with Gasteiger partial charge in [-0.15, -0.1) is 0 Å². The molecular formula is C17H24N4O4S. The molecule has 9 heteroatoms. The van der Waals surface area contributed by atoms with Gasteiger partial charge in [0.1, 0.15) is 0 Å². The van der Waals surface area contributed by atoms with E-state index in [-0.39, 0.29) is 28.4 Å². The van der Waals surface area contributed by atoms with Crippen molar-refractivity contribution in [3.8, 4) is 0 Å². The summed E-state index contributed by atoms with van der Waals surface area (Å²) in [6.45, 7) is 7.82. The number of H-pyrrole nitrogens is 1. The van der Waals surface area contributed by atoms with Crippen LogP contribution in [0.4, 0.5) is 0 Å². The van der Waals surface area contributed by atoms with Gasteiger partial charge in [0.05, 0.1) is 29.2 Å². The van der Waals surface area contributed by atoms with Crippen LogP contribution in [0.5, 0.6) is 0 Å². The van der Waals surface area contributed by atoms with Gasteiger partial charge in [0.15, 0.2) is 15.5 Å². The third-order valence-corrected chi connectivity index (χ3v) is 6.45. The molecule has 0 spiro atoms. The number of aromatic nitrogens is 3. The second-order valence-electron chi connectivity index (χ2n) is 7.96. The zero-order valence-corrected chi connectivity index (χ0v) is 16.2. The third-order valence-electron chi connectivity index (χ3n) is 4.68. The molecule has 3 heterocycles. The molecule has 8 nitrogen and oxygen atoms in total. The molecule has 1 saturated heterocycles. The van der Waals surface area contributed by atoms with Gasteiger partial charge < -0.3 is 5.32 Å². The Morgan fingerprint density at radius 1 is 1.38 bits per heavy atom. The van der Waals surface area contributed by atoms with Gasteiger partial charge in [0, 0.05) is 23.2 Å². The molecule has 0 aromatic carbocycles. The smallest absolute Gasteiger partial charge is 0.272 e. The maximum atomic E-state index is 12.4. The van der Waals surface area contributed by atoms with E-state index in [1.807, 2.05) is 26.8 Å². The van der Waals surface area contributed by atoms with E-state index in [1.165, 1.54) is 10.6 Å². The van der Waals surface area contributed by atoms with E-state index in [1.54, 1.807) is 6.92 Å². The van der Waals surface area contributed by atoms with E-state index in [2.05, 4.69) is 15.4 Å². The van der Waals surface area contributed by atoms with Gasteiger partial charge in [-0.25, -0.2) is 17.9 Å². The lowest BCUT2D eigenvalue weighted by Gasteiger charge is -2.16. The van der Waals surface area contributed by atoms with Gasteiger partial charge in [-0.1, -0.05) is 20.8 Å². The molecule has 1 aliphatic heterocycles. The molecule has 26 heavy (non-hydrogen) atoms. The van der Waals surface area contributed by atoms with E-state index in [0.717, 1.165) is 5.69 Å². The standard InChI is InChI=1S/C17H24N4O4S/c1-10(18-16(23)11-5-6-26(24,25)9-11)12-7-15(22)21-14(19-12)8-13(20-21)17(2,3)4/h7-8,10-11,20H,5-6,9H2,1-4H3,(H,18,23). The van der Waals surface area contributed by atoms with Crippen molar-refractivity contribution in [2.24, 2.45) is 5.92 Å². The van der Waals surface area contributed by atoms with E-state index in [4.69, 9.17) is 0 Å². The largest absolute Gasteiger partial charge is 0.348 e. The first kappa shape index (κ1) is 18.6. The summed E-state index contributed by atoms with van der Waals surface area (Å²) < 4.78 is 24.4. The average molecular weight is 380 g/mol. The van der Waals surface area contributed by atoms with Crippen LogP contribution in [0.15, 0.2) is 16.9 Å². The fraction of sp³-hybridized carbons (Fsp3) is 0.588. The molecule has 1 amide bonds. The van der Waals surface area contributed by atoms with Crippen LogP contribution >= 0.6 is 0 Å². The molecule has 2 N–H and O–H groups in total. The zero-order valence-electron chi connectivity index (χ0n) is 15.4. The van der Waals surface area contributed by atoms with Gasteiger partial charge in [-0.05, 0) is 13.3 Å². The van der Waals surface area contributed by atoms with Crippen LogP contribution in [-0.2, 0) is 20.0 Å². The summed E-state index contributed by atoms with van der Waals surface area (Å²) in [4.78, 5) is 29.2. The van der Waals surface area contributed by atoms with Crippen LogP contribution in [0, 0.1) is 5.92 Å². The molecule has 2 aromatic heterocycles. The Kier molecular flexibility index (Phi) is 4.46. The summed E-state index contributed by atoms with van der Waals surface area (Å²) in [6.07, 6.45) is 0.336. The van der Waals surface area contributed by atoms with Crippen LogP contribution in [-0.4, -0.2) is 40.4 Å². The van der Waals surface area contributed by atoms with E-state index in [9.17, 15) is 18.0 Å². The van der Waals surface area contributed by atoms with Crippen molar-refractivity contribution in [2.45, 2.75) is 45.6 Å². The van der Waals surface area contributed by atoms with Crippen LogP contribution < -0.4 is 10.9 Å². The normalized spacial score (nSPS) is 21.0. The first-order valence-electron chi connectivity index (χ1n) is 8.60. The summed E-state index contributed by atoms with van der Waals surface area (Å²) in [7, 11) is -3.12. The minimum Gasteiger partial charge on any atom is -0.348 e. The Hall–Kier alpha value is -2.16. The molecule has 0 bridgehead atoms. The average Bonchev–Trinajstić information content (AvgIpc) is 3.10. The fourth-order valence-corrected chi connectivity index (χ4v) is 4.76. The molecule has 2 unspecified atom stereocenters. The second-order valence-corrected chi connectivity index (χ2v) is 10.2. The van der Waals surface area contributed by atoms with Gasteiger partial charge >= 0.3 is 0 Å². The highest BCUT2D eigenvalue weighted by molar-refractivity contribution is 7.91. The van der Waals surface area contributed by atoms with Gasteiger partial charge in [-0.3, -0.25) is 14.7 Å². The van der Waals surface area contributed by atoms with Gasteiger partial charge in [0.2, 0.25) is 5.91 Å². The summed E-state index contributed by atoms with van der Waals surface area (Å²) >= 11 is 0. The fourth-order valence-electron chi connectivity index (χ4n) is 3.02. The molecule has 3 rings (SSSR count). The number of nitrogens with zero attached hydrogens (tertiary/aromatic N) is 2. The summed E-state index contributed by atoms with van der Waals surface area (Å²) in [5.74, 6) is -0.922. The minimum absolute atomic E-state index is 0.0456. The summed E-state index contributed by atoms with van der Waals surface area (Å²) in [5, 5.41) is 5.83. The van der Waals surface area contributed by atoms with E-state index >= 15 is 0 Å². The number of hydrogen-bond acceptors (Lipinski definition) is 5. The topological polar surface area (TPSA) is 113 Å². The monoisotopic (exact) mass is 380 g/mol. The van der Waals surface area contributed by atoms with Crippen molar-refractivity contribution in [3.05, 3.63) is 33.9 Å². The lowest BCUT2D eigenvalue weighted by molar-refractivity contribution is -0.124. The van der Waals surface area contributed by atoms with Gasteiger partial charge in [-0.2, -0.15) is 0 Å². The molecule has 0 aliphatic carbocycles. The molecule has 0 saturated carbocycles. The predicted octanol–water partition coefficient (Wildman–Crippen LogP) is 0.932. The van der Waals surface area contributed by atoms with Crippen LogP contribution in [0.25, 0.3) is 5.65 Å². The molecule has 0 radical (unpaired) electrons. The Balaban J connectivity index is 1.83. The van der Waals surface area contributed by atoms with Crippen molar-refractivity contribution in [2.75, 3.05) is 11.5 Å². The Morgan fingerprint density at radius 2 is 2.08 bits per heavy atom. The highest BCUT2D eigenvalue weighted by Gasteiger charge is 2.33. The number of hydrogen-bond donors (Lipinski definition) is 2. The first-order chi connectivity index (χ1) is 12.0. The summed E-state index contributed by atoms with van der Waals surface area (Å²) in [5.41, 5.74) is 1.40. The number of carbonyl (C=O) groups is 1. The molecule has 2 atom stereocenters. The van der Waals surface area contributed by atoms with Crippen molar-refractivity contribution >= 4 is 21.4 Å². The van der Waals surface area contributed by atoms with Crippen LogP contribution in [0.2, 0.25) is 0 Å². The Bertz CT molecular complexity index is 1010. The highest BCUT2D eigenvalue weighted by Crippen LogP contribution is 2.22. The maximum absolute atomic E-state index is 12.4. The lowest BCUT2D eigenvalue weighted by atomic mass is 9.93. The number of aromatic amines is 1. The predicted molar refractivity (Wildman–Crippen MR) is 97.8 cm³/mol. The molecular weight excluding hydrogens is 356 g/mol. The van der Waals surface area contributed by atoms with Crippen LogP contribution in [0.3, 0.4) is 0 Å². The first-order valence-corrected chi connectivity index (χ1v) is 10.4. The van der Waals surface area contributed by atoms with Crippen LogP contribution in [0.1, 0.15) is 51.5 Å². The number of rotatable bonds is 3. The number of sulfone groups is 1. The molecule has 2 aromatic rings. The Labute approximate surface area is 151 Å². The number of fused-ring (bicyclic) bond motifs is 1. The van der Waals surface area contributed by atoms with Crippen molar-refractivity contribution in [3.63, 3.8) is 0 Å². The molecule has 1 aliphatic rings. The molecule has 1 fully saturated rings. The van der Waals surface area contributed by atoms with Crippen molar-refractivity contribution in [1.82, 2.24) is 19.9 Å². The number of carbonyl (C=O) groups excluding carboxylic acids is 1. The maximum Gasteiger partial charge on any atom is 0.272 e. The molecule has 142 valence electrons. The minimum atomic E-state index is -3.12. The SMILES string of the molecule is CC(NC(=O)C1CCS(=O)(=O)C1)c1cc(=O)n2[nH]c(C(C)(C)C)cc2n1. The van der Waals surface area contributed by atoms with Crippen molar-refractivity contribution < 1.29 is 13.2 Å². The third kappa shape index (κ3) is 3.67. The highest BCUT2D eigenvalue weighted by atomic mass is 32.2. The van der Waals surface area contributed by atoms with Crippen molar-refractivity contribution in [1.29, 1.82) is 0 Å². The van der Waals surface area contributed by atoms with E-state index in [0.29, 0.717) is 17.8 Å². The number of amides is 1.